The summed E-state index contributed by atoms with van der Waals surface area (Å²) in [7, 11) is 0. The Hall–Kier alpha value is -2.29. The molecule has 0 aromatic carbocycles. The lowest BCUT2D eigenvalue weighted by Crippen LogP contribution is -2.09. The summed E-state index contributed by atoms with van der Waals surface area (Å²) >= 11 is 1.50. The maximum atomic E-state index is 11.0. The second-order valence-corrected chi connectivity index (χ2v) is 5.27. The molecule has 0 radical (unpaired) electrons. The maximum absolute atomic E-state index is 11.0. The van der Waals surface area contributed by atoms with Crippen LogP contribution in [-0.4, -0.2) is 26.4 Å². The highest BCUT2D eigenvalue weighted by atomic mass is 32.1. The molecule has 2 aromatic rings. The first-order valence-corrected chi connectivity index (χ1v) is 7.38. The van der Waals surface area contributed by atoms with Crippen LogP contribution in [0.5, 0.6) is 0 Å². The number of nitrogens with one attached hydrogen (secondary N) is 2. The first kappa shape index (κ1) is 15.1. The van der Waals surface area contributed by atoms with Crippen molar-refractivity contribution in [1.82, 2.24) is 15.0 Å². The fourth-order valence-electron chi connectivity index (χ4n) is 1.62. The molecule has 2 N–H and O–H groups in total. The molecule has 0 saturated heterocycles. The van der Waals surface area contributed by atoms with Crippen molar-refractivity contribution in [3.63, 3.8) is 0 Å². The summed E-state index contributed by atoms with van der Waals surface area (Å²) in [5.41, 5.74) is 2.52. The molecule has 8 nitrogen and oxygen atoms in total. The summed E-state index contributed by atoms with van der Waals surface area (Å²) in [5.74, 6) is 0.590. The number of anilines is 2. The van der Waals surface area contributed by atoms with E-state index in [1.807, 2.05) is 13.8 Å². The highest BCUT2D eigenvalue weighted by Crippen LogP contribution is 2.23. The molecule has 2 heterocycles. The van der Waals surface area contributed by atoms with E-state index >= 15 is 0 Å². The standard InChI is InChI=1S/C12H16N6O2S/c1-3-4-13-12-15-5-9(18(19)20)11(17-12)14-6-10-8(2)16-7-21-10/h5,7H,3-4,6H2,1-2H3,(H2,13,14,15,17). The van der Waals surface area contributed by atoms with Gasteiger partial charge in [0.15, 0.2) is 0 Å². The van der Waals surface area contributed by atoms with Gasteiger partial charge in [-0.3, -0.25) is 10.1 Å². The Bertz CT molecular complexity index is 630. The first-order valence-electron chi connectivity index (χ1n) is 6.50. The van der Waals surface area contributed by atoms with Gasteiger partial charge in [-0.1, -0.05) is 6.92 Å². The first-order chi connectivity index (χ1) is 10.1. The van der Waals surface area contributed by atoms with Crippen molar-refractivity contribution in [2.24, 2.45) is 0 Å². The largest absolute Gasteiger partial charge is 0.359 e. The van der Waals surface area contributed by atoms with Crippen LogP contribution in [0.15, 0.2) is 11.7 Å². The summed E-state index contributed by atoms with van der Waals surface area (Å²) in [6.07, 6.45) is 2.13. The SMILES string of the molecule is CCCNc1ncc([N+](=O)[O-])c(NCc2scnc2C)n1. The normalized spacial score (nSPS) is 10.4. The third-order valence-corrected chi connectivity index (χ3v) is 3.70. The molecular formula is C12H16N6O2S. The molecule has 2 aromatic heterocycles. The van der Waals surface area contributed by atoms with Gasteiger partial charge in [0.1, 0.15) is 6.20 Å². The van der Waals surface area contributed by atoms with E-state index in [0.717, 1.165) is 17.0 Å². The van der Waals surface area contributed by atoms with Crippen LogP contribution in [0.3, 0.4) is 0 Å². The minimum atomic E-state index is -0.495. The van der Waals surface area contributed by atoms with E-state index in [0.29, 0.717) is 19.0 Å². The van der Waals surface area contributed by atoms with Gasteiger partial charge >= 0.3 is 5.69 Å². The minimum absolute atomic E-state index is 0.140. The molecule has 0 atom stereocenters. The lowest BCUT2D eigenvalue weighted by Gasteiger charge is -2.08. The second kappa shape index (κ2) is 6.93. The molecule has 9 heteroatoms. The lowest BCUT2D eigenvalue weighted by molar-refractivity contribution is -0.384. The van der Waals surface area contributed by atoms with Crippen LogP contribution in [0, 0.1) is 17.0 Å². The van der Waals surface area contributed by atoms with Crippen LogP contribution >= 0.6 is 11.3 Å². The van der Waals surface area contributed by atoms with Gasteiger partial charge in [-0.2, -0.15) is 4.98 Å². The molecular weight excluding hydrogens is 292 g/mol. The number of aromatic nitrogens is 3. The third kappa shape index (κ3) is 3.85. The van der Waals surface area contributed by atoms with Crippen LogP contribution in [0.1, 0.15) is 23.9 Å². The van der Waals surface area contributed by atoms with E-state index in [1.54, 1.807) is 5.51 Å². The van der Waals surface area contributed by atoms with Gasteiger partial charge in [0.25, 0.3) is 0 Å². The second-order valence-electron chi connectivity index (χ2n) is 4.33. The van der Waals surface area contributed by atoms with Crippen molar-refractivity contribution in [1.29, 1.82) is 0 Å². The van der Waals surface area contributed by atoms with Crippen molar-refractivity contribution in [2.45, 2.75) is 26.8 Å². The van der Waals surface area contributed by atoms with E-state index in [2.05, 4.69) is 25.6 Å². The lowest BCUT2D eigenvalue weighted by atomic mass is 10.4. The quantitative estimate of drug-likeness (QED) is 0.598. The number of hydrogen-bond acceptors (Lipinski definition) is 8. The Balaban J connectivity index is 2.17. The molecule has 0 saturated carbocycles. The van der Waals surface area contributed by atoms with E-state index in [9.17, 15) is 10.1 Å². The molecule has 0 aliphatic carbocycles. The Morgan fingerprint density at radius 2 is 2.19 bits per heavy atom. The van der Waals surface area contributed by atoms with Gasteiger partial charge < -0.3 is 10.6 Å². The van der Waals surface area contributed by atoms with E-state index in [-0.39, 0.29) is 11.5 Å². The van der Waals surface area contributed by atoms with Crippen molar-refractivity contribution >= 4 is 28.8 Å². The number of hydrogen-bond donors (Lipinski definition) is 2. The van der Waals surface area contributed by atoms with E-state index in [4.69, 9.17) is 0 Å². The van der Waals surface area contributed by atoms with Gasteiger partial charge in [0.2, 0.25) is 11.8 Å². The zero-order valence-electron chi connectivity index (χ0n) is 11.8. The average Bonchev–Trinajstić information content (AvgIpc) is 2.88. The van der Waals surface area contributed by atoms with E-state index in [1.165, 1.54) is 17.5 Å². The molecule has 0 aliphatic heterocycles. The minimum Gasteiger partial charge on any atom is -0.359 e. The van der Waals surface area contributed by atoms with Crippen LogP contribution < -0.4 is 10.6 Å². The monoisotopic (exact) mass is 308 g/mol. The topological polar surface area (TPSA) is 106 Å². The van der Waals surface area contributed by atoms with Crippen LogP contribution in [0.2, 0.25) is 0 Å². The Labute approximate surface area is 125 Å². The summed E-state index contributed by atoms with van der Waals surface area (Å²) in [5, 5.41) is 17.0. The molecule has 2 rings (SSSR count). The smallest absolute Gasteiger partial charge is 0.329 e. The zero-order valence-corrected chi connectivity index (χ0v) is 12.6. The fraction of sp³-hybridized carbons (Fsp3) is 0.417. The number of aryl methyl sites for hydroxylation is 1. The molecule has 0 aliphatic rings. The van der Waals surface area contributed by atoms with Gasteiger partial charge in [0.05, 0.1) is 22.7 Å². The summed E-state index contributed by atoms with van der Waals surface area (Å²) in [6.45, 7) is 5.08. The van der Waals surface area contributed by atoms with Gasteiger partial charge in [-0.15, -0.1) is 11.3 Å². The predicted octanol–water partition coefficient (Wildman–Crippen LogP) is 2.58. The number of thiazole rings is 1. The van der Waals surface area contributed by atoms with Gasteiger partial charge in [0, 0.05) is 11.4 Å². The summed E-state index contributed by atoms with van der Waals surface area (Å²) < 4.78 is 0. The number of nitro groups is 1. The maximum Gasteiger partial charge on any atom is 0.329 e. The van der Waals surface area contributed by atoms with Crippen molar-refractivity contribution in [3.05, 3.63) is 32.4 Å². The molecule has 21 heavy (non-hydrogen) atoms. The van der Waals surface area contributed by atoms with Crippen LogP contribution in [0.25, 0.3) is 0 Å². The Kier molecular flexibility index (Phi) is 4.99. The molecule has 0 fully saturated rings. The van der Waals surface area contributed by atoms with Crippen molar-refractivity contribution in [3.8, 4) is 0 Å². The number of nitrogens with zero attached hydrogens (tertiary/aromatic N) is 4. The third-order valence-electron chi connectivity index (χ3n) is 2.76. The van der Waals surface area contributed by atoms with Crippen molar-refractivity contribution in [2.75, 3.05) is 17.2 Å². The Morgan fingerprint density at radius 1 is 1.38 bits per heavy atom. The highest BCUT2D eigenvalue weighted by molar-refractivity contribution is 7.09. The molecule has 0 bridgehead atoms. The molecule has 0 amide bonds. The highest BCUT2D eigenvalue weighted by Gasteiger charge is 2.17. The van der Waals surface area contributed by atoms with E-state index < -0.39 is 4.92 Å². The van der Waals surface area contributed by atoms with Crippen LogP contribution in [0.4, 0.5) is 17.5 Å². The summed E-state index contributed by atoms with van der Waals surface area (Å²) in [4.78, 5) is 23.8. The molecule has 112 valence electrons. The number of rotatable bonds is 7. The average molecular weight is 308 g/mol. The summed E-state index contributed by atoms with van der Waals surface area (Å²) in [6, 6.07) is 0. The molecule has 0 spiro atoms. The van der Waals surface area contributed by atoms with Crippen molar-refractivity contribution < 1.29 is 4.92 Å². The van der Waals surface area contributed by atoms with Crippen LogP contribution in [-0.2, 0) is 6.54 Å². The van der Waals surface area contributed by atoms with Gasteiger partial charge in [-0.05, 0) is 13.3 Å². The fourth-order valence-corrected chi connectivity index (χ4v) is 2.34. The van der Waals surface area contributed by atoms with Gasteiger partial charge in [-0.25, -0.2) is 9.97 Å². The predicted molar refractivity (Wildman–Crippen MR) is 81.6 cm³/mol. The zero-order chi connectivity index (χ0) is 15.2. The Morgan fingerprint density at radius 3 is 2.81 bits per heavy atom. The molecule has 0 unspecified atom stereocenters.